The highest BCUT2D eigenvalue weighted by Gasteiger charge is 2.53. The smallest absolute Gasteiger partial charge is 0.399 e. The number of fused-ring (bicyclic) bond motifs is 1. The molecule has 0 spiro atoms. The van der Waals surface area contributed by atoms with Gasteiger partial charge in [0.25, 0.3) is 0 Å². The fraction of sp³-hybridized carbons (Fsp3) is 0.278. The van der Waals surface area contributed by atoms with Crippen molar-refractivity contribution >= 4 is 40.9 Å². The highest BCUT2D eigenvalue weighted by Crippen LogP contribution is 2.36. The van der Waals surface area contributed by atoms with E-state index in [-0.39, 0.29) is 0 Å². The van der Waals surface area contributed by atoms with E-state index in [0.717, 1.165) is 21.8 Å². The summed E-state index contributed by atoms with van der Waals surface area (Å²) in [5.41, 5.74) is 0.654. The zero-order chi connectivity index (χ0) is 16.0. The molecule has 1 aliphatic heterocycles. The van der Waals surface area contributed by atoms with Gasteiger partial charge in [0.1, 0.15) is 5.60 Å². The molecule has 3 rings (SSSR count). The molecule has 0 aromatic heterocycles. The molecular weight excluding hydrogens is 291 g/mol. The highest BCUT2D eigenvalue weighted by atomic mass is 32.1. The molecule has 0 saturated carbocycles. The summed E-state index contributed by atoms with van der Waals surface area (Å²) >= 11 is 5.16. The van der Waals surface area contributed by atoms with E-state index in [0.29, 0.717) is 0 Å². The van der Waals surface area contributed by atoms with Gasteiger partial charge in [0, 0.05) is 10.9 Å². The van der Waals surface area contributed by atoms with Gasteiger partial charge in [0.15, 0.2) is 0 Å². The quantitative estimate of drug-likeness (QED) is 0.482. The molecule has 0 radical (unpaired) electrons. The van der Waals surface area contributed by atoms with Gasteiger partial charge in [-0.3, -0.25) is 0 Å². The van der Waals surface area contributed by atoms with Crippen LogP contribution in [0.4, 0.5) is 0 Å². The van der Waals surface area contributed by atoms with Crippen LogP contribution in [0.2, 0.25) is 0 Å². The van der Waals surface area contributed by atoms with Crippen molar-refractivity contribution in [1.29, 1.82) is 0 Å². The first-order valence-corrected chi connectivity index (χ1v) is 7.69. The van der Waals surface area contributed by atoms with Crippen molar-refractivity contribution in [3.05, 3.63) is 42.0 Å². The molecule has 4 heteroatoms. The first-order valence-electron chi connectivity index (χ1n) is 7.22. The number of hydrogen-bond donors (Lipinski definition) is 0. The minimum Gasteiger partial charge on any atom is -0.399 e. The van der Waals surface area contributed by atoms with Crippen molar-refractivity contribution in [2.75, 3.05) is 0 Å². The number of terminal acetylenes is 1. The van der Waals surface area contributed by atoms with Crippen LogP contribution in [0.25, 0.3) is 10.8 Å². The van der Waals surface area contributed by atoms with Crippen LogP contribution in [0.3, 0.4) is 0 Å². The maximum atomic E-state index is 6.16. The number of rotatable bonds is 2. The summed E-state index contributed by atoms with van der Waals surface area (Å²) in [5, 5.41) is 3.72. The number of benzene rings is 2. The van der Waals surface area contributed by atoms with Crippen LogP contribution >= 0.6 is 12.2 Å². The van der Waals surface area contributed by atoms with E-state index in [4.69, 9.17) is 27.9 Å². The molecule has 1 aliphatic rings. The molecule has 1 saturated heterocycles. The van der Waals surface area contributed by atoms with Crippen LogP contribution in [0.15, 0.2) is 36.4 Å². The van der Waals surface area contributed by atoms with Gasteiger partial charge in [-0.25, -0.2) is 0 Å². The van der Waals surface area contributed by atoms with Crippen molar-refractivity contribution in [2.24, 2.45) is 0 Å². The zero-order valence-electron chi connectivity index (χ0n) is 12.9. The molecule has 1 atom stereocenters. The largest absolute Gasteiger partial charge is 0.495 e. The number of thiocarbonyl (C=S) groups is 1. The Kier molecular flexibility index (Phi) is 3.61. The lowest BCUT2D eigenvalue weighted by Gasteiger charge is -2.32. The molecule has 22 heavy (non-hydrogen) atoms. The maximum Gasteiger partial charge on any atom is 0.495 e. The Morgan fingerprint density at radius 1 is 1.14 bits per heavy atom. The Hall–Kier alpha value is -1.67. The Morgan fingerprint density at radius 3 is 2.41 bits per heavy atom. The molecule has 2 aromatic rings. The molecule has 0 bridgehead atoms. The third-order valence-corrected chi connectivity index (χ3v) is 4.97. The molecule has 1 heterocycles. The van der Waals surface area contributed by atoms with Crippen molar-refractivity contribution in [2.45, 2.75) is 32.0 Å². The maximum absolute atomic E-state index is 6.16. The van der Waals surface area contributed by atoms with Gasteiger partial charge in [0.05, 0.1) is 5.60 Å². The van der Waals surface area contributed by atoms with Gasteiger partial charge >= 0.3 is 7.12 Å². The third kappa shape index (κ3) is 2.17. The Morgan fingerprint density at radius 2 is 1.82 bits per heavy atom. The second-order valence-corrected chi connectivity index (χ2v) is 6.43. The Balaban J connectivity index is 2.17. The first kappa shape index (κ1) is 15.2. The third-order valence-electron chi connectivity index (χ3n) is 4.52. The molecule has 110 valence electrons. The van der Waals surface area contributed by atoms with E-state index >= 15 is 0 Å². The highest BCUT2D eigenvalue weighted by molar-refractivity contribution is 7.79. The number of hydrogen-bond acceptors (Lipinski definition) is 3. The van der Waals surface area contributed by atoms with Crippen LogP contribution in [0.1, 0.15) is 26.3 Å². The van der Waals surface area contributed by atoms with Gasteiger partial charge in [0.2, 0.25) is 0 Å². The minimum absolute atomic E-state index is 0.489. The summed E-state index contributed by atoms with van der Waals surface area (Å²) in [4.78, 5) is 0. The molecule has 0 amide bonds. The van der Waals surface area contributed by atoms with Gasteiger partial charge in [-0.05, 0) is 43.1 Å². The molecule has 0 N–H and O–H groups in total. The SMILES string of the molecule is C#Cc1cccc2cccc(B3OC(C)(C)C(C)(C=S)O3)c12. The Bertz CT molecular complexity index is 788. The lowest BCUT2D eigenvalue weighted by molar-refractivity contribution is 0.0483. The summed E-state index contributed by atoms with van der Waals surface area (Å²) in [6.07, 6.45) is 5.66. The van der Waals surface area contributed by atoms with Crippen molar-refractivity contribution in [3.63, 3.8) is 0 Å². The van der Waals surface area contributed by atoms with E-state index in [1.807, 2.05) is 57.2 Å². The molecule has 1 unspecified atom stereocenters. The van der Waals surface area contributed by atoms with E-state index < -0.39 is 18.3 Å². The average molecular weight is 308 g/mol. The predicted octanol–water partition coefficient (Wildman–Crippen LogP) is 3.10. The molecular formula is C18H17BO2S. The van der Waals surface area contributed by atoms with Crippen LogP contribution < -0.4 is 5.46 Å². The summed E-state index contributed by atoms with van der Waals surface area (Å²) < 4.78 is 12.3. The van der Waals surface area contributed by atoms with E-state index in [2.05, 4.69) is 5.92 Å². The average Bonchev–Trinajstić information content (AvgIpc) is 2.76. The summed E-state index contributed by atoms with van der Waals surface area (Å²) in [6.45, 7) is 5.93. The van der Waals surface area contributed by atoms with Crippen LogP contribution in [0, 0.1) is 12.3 Å². The molecule has 2 nitrogen and oxygen atoms in total. The van der Waals surface area contributed by atoms with Gasteiger partial charge in [-0.1, -0.05) is 48.5 Å². The minimum atomic E-state index is -0.625. The molecule has 0 aliphatic carbocycles. The van der Waals surface area contributed by atoms with E-state index in [1.54, 1.807) is 5.37 Å². The summed E-state index contributed by atoms with van der Waals surface area (Å²) in [7, 11) is -0.489. The second-order valence-electron chi connectivity index (χ2n) is 6.20. The van der Waals surface area contributed by atoms with Crippen molar-refractivity contribution < 1.29 is 9.31 Å². The predicted molar refractivity (Wildman–Crippen MR) is 95.6 cm³/mol. The van der Waals surface area contributed by atoms with Crippen LogP contribution in [0.5, 0.6) is 0 Å². The molecule has 2 aromatic carbocycles. The van der Waals surface area contributed by atoms with Gasteiger partial charge in [-0.15, -0.1) is 6.42 Å². The van der Waals surface area contributed by atoms with E-state index in [1.165, 1.54) is 0 Å². The van der Waals surface area contributed by atoms with Crippen LogP contribution in [-0.2, 0) is 9.31 Å². The van der Waals surface area contributed by atoms with E-state index in [9.17, 15) is 0 Å². The van der Waals surface area contributed by atoms with Crippen molar-refractivity contribution in [1.82, 2.24) is 0 Å². The topological polar surface area (TPSA) is 18.5 Å². The second kappa shape index (κ2) is 5.21. The summed E-state index contributed by atoms with van der Waals surface area (Å²) in [6, 6.07) is 12.0. The lowest BCUT2D eigenvalue weighted by atomic mass is 9.75. The fourth-order valence-corrected chi connectivity index (χ4v) is 3.10. The summed E-state index contributed by atoms with van der Waals surface area (Å²) in [5.74, 6) is 2.75. The normalized spacial score (nSPS) is 23.5. The van der Waals surface area contributed by atoms with Gasteiger partial charge in [-0.2, -0.15) is 0 Å². The van der Waals surface area contributed by atoms with Gasteiger partial charge < -0.3 is 9.31 Å². The molecule has 1 fully saturated rings. The fourth-order valence-electron chi connectivity index (χ4n) is 2.76. The first-order chi connectivity index (χ1) is 10.4. The monoisotopic (exact) mass is 308 g/mol. The van der Waals surface area contributed by atoms with Crippen molar-refractivity contribution in [3.8, 4) is 12.3 Å². The van der Waals surface area contributed by atoms with Crippen LogP contribution in [-0.4, -0.2) is 23.7 Å². The zero-order valence-corrected chi connectivity index (χ0v) is 13.7. The standard InChI is InChI=1S/C18H17BO2S/c1-5-13-8-6-9-14-10-7-11-15(16(13)14)19-20-17(2,3)18(4,12-22)21-19/h1,6-12H,2-4H3. The lowest BCUT2D eigenvalue weighted by Crippen LogP contribution is -2.45. The Labute approximate surface area is 137 Å².